The predicted octanol–water partition coefficient (Wildman–Crippen LogP) is 3.16. The number of aryl methyl sites for hydroxylation is 2. The number of carboxylic acid groups (broad SMARTS) is 1. The Balaban J connectivity index is 1.50. The maximum Gasteiger partial charge on any atom is 0.407 e. The summed E-state index contributed by atoms with van der Waals surface area (Å²) in [5.41, 5.74) is 5.25. The Morgan fingerprint density at radius 3 is 2.63 bits per heavy atom. The van der Waals surface area contributed by atoms with Gasteiger partial charge in [0.15, 0.2) is 15.7 Å². The molecule has 1 aromatic carbocycles. The van der Waals surface area contributed by atoms with E-state index in [9.17, 15) is 18.3 Å². The molecule has 0 unspecified atom stereocenters. The molecule has 6 rings (SSSR count). The number of nitrogens with zero attached hydrogens (tertiary/aromatic N) is 6. The van der Waals surface area contributed by atoms with Gasteiger partial charge in [-0.3, -0.25) is 9.36 Å². The standard InChI is InChI=1S/C26H32N6O5S/c1-29-15-18(14-27-29)20-12-17-4-3-8-31(23(17)13-24(20)38(2,35)36)25-21-16-30(26(33)34)9-5-22(21)32(28-25)19-6-10-37-11-7-19/h12-15,19H,3-11,16H2,1-2H3,(H,33,34). The molecule has 1 amide bonds. The van der Waals surface area contributed by atoms with Gasteiger partial charge in [-0.05, 0) is 43.4 Å². The van der Waals surface area contributed by atoms with Crippen LogP contribution in [0.4, 0.5) is 16.3 Å². The molecule has 0 bridgehead atoms. The van der Waals surface area contributed by atoms with Crippen molar-refractivity contribution in [2.75, 3.05) is 37.5 Å². The topological polar surface area (TPSA) is 123 Å². The van der Waals surface area contributed by atoms with Gasteiger partial charge in [0.25, 0.3) is 0 Å². The molecule has 1 fully saturated rings. The normalized spacial score (nSPS) is 18.4. The second-order valence-electron chi connectivity index (χ2n) is 10.4. The van der Waals surface area contributed by atoms with E-state index in [4.69, 9.17) is 9.84 Å². The fraction of sp³-hybridized carbons (Fsp3) is 0.500. The Hall–Kier alpha value is -3.38. The fourth-order valence-electron chi connectivity index (χ4n) is 5.97. The highest BCUT2D eigenvalue weighted by Gasteiger charge is 2.34. The molecule has 0 spiro atoms. The Bertz CT molecular complexity index is 1500. The summed E-state index contributed by atoms with van der Waals surface area (Å²) < 4.78 is 35.3. The van der Waals surface area contributed by atoms with Crippen LogP contribution in [-0.4, -0.2) is 76.6 Å². The van der Waals surface area contributed by atoms with E-state index in [0.29, 0.717) is 38.3 Å². The summed E-state index contributed by atoms with van der Waals surface area (Å²) in [7, 11) is -1.74. The lowest BCUT2D eigenvalue weighted by atomic mass is 9.96. The van der Waals surface area contributed by atoms with Crippen molar-refractivity contribution >= 4 is 27.4 Å². The lowest BCUT2D eigenvalue weighted by Crippen LogP contribution is -2.36. The number of carbonyl (C=O) groups is 1. The van der Waals surface area contributed by atoms with Crippen molar-refractivity contribution in [2.24, 2.45) is 7.05 Å². The summed E-state index contributed by atoms with van der Waals surface area (Å²) in [6.45, 7) is 2.73. The highest BCUT2D eigenvalue weighted by atomic mass is 32.2. The zero-order valence-corrected chi connectivity index (χ0v) is 22.4. The van der Waals surface area contributed by atoms with Gasteiger partial charge in [0, 0.05) is 80.3 Å². The number of hydrogen-bond acceptors (Lipinski definition) is 7. The van der Waals surface area contributed by atoms with Crippen LogP contribution in [0.5, 0.6) is 0 Å². The molecule has 0 aliphatic carbocycles. The molecule has 0 atom stereocenters. The summed E-state index contributed by atoms with van der Waals surface area (Å²) in [5, 5.41) is 19.1. The van der Waals surface area contributed by atoms with Gasteiger partial charge in [-0.2, -0.15) is 10.2 Å². The van der Waals surface area contributed by atoms with Gasteiger partial charge in [0.1, 0.15) is 0 Å². The molecule has 5 heterocycles. The largest absolute Gasteiger partial charge is 0.465 e. The van der Waals surface area contributed by atoms with Crippen LogP contribution in [-0.2, 0) is 41.0 Å². The Morgan fingerprint density at radius 2 is 1.95 bits per heavy atom. The quantitative estimate of drug-likeness (QED) is 0.536. The summed E-state index contributed by atoms with van der Waals surface area (Å²) >= 11 is 0. The van der Waals surface area contributed by atoms with E-state index >= 15 is 0 Å². The van der Waals surface area contributed by atoms with Crippen LogP contribution in [0.25, 0.3) is 11.1 Å². The fourth-order valence-corrected chi connectivity index (χ4v) is 6.87. The first kappa shape index (κ1) is 24.9. The number of hydrogen-bond donors (Lipinski definition) is 1. The molecule has 38 heavy (non-hydrogen) atoms. The van der Waals surface area contributed by atoms with E-state index in [1.165, 1.54) is 11.2 Å². The number of fused-ring (bicyclic) bond motifs is 2. The number of anilines is 2. The van der Waals surface area contributed by atoms with Crippen molar-refractivity contribution in [3.63, 3.8) is 0 Å². The molecular weight excluding hydrogens is 508 g/mol. The van der Waals surface area contributed by atoms with Crippen LogP contribution in [0.2, 0.25) is 0 Å². The number of benzene rings is 1. The third-order valence-electron chi connectivity index (χ3n) is 7.84. The second kappa shape index (κ2) is 9.42. The number of aromatic nitrogens is 4. The average Bonchev–Trinajstić information content (AvgIpc) is 3.51. The lowest BCUT2D eigenvalue weighted by Gasteiger charge is -2.33. The minimum Gasteiger partial charge on any atom is -0.465 e. The summed E-state index contributed by atoms with van der Waals surface area (Å²) in [6, 6.07) is 3.94. The zero-order chi connectivity index (χ0) is 26.6. The summed E-state index contributed by atoms with van der Waals surface area (Å²) in [5.74, 6) is 0.729. The van der Waals surface area contributed by atoms with E-state index in [-0.39, 0.29) is 17.5 Å². The van der Waals surface area contributed by atoms with Gasteiger partial charge in [-0.1, -0.05) is 0 Å². The molecule has 3 aliphatic rings. The SMILES string of the molecule is Cn1cc(-c2cc3c(cc2S(C)(=O)=O)N(c2nn(C4CCOCC4)c4c2CN(C(=O)O)CC4)CCC3)cn1. The molecule has 12 heteroatoms. The molecule has 3 aromatic rings. The highest BCUT2D eigenvalue weighted by molar-refractivity contribution is 7.90. The van der Waals surface area contributed by atoms with Gasteiger partial charge in [0.05, 0.1) is 23.7 Å². The first-order chi connectivity index (χ1) is 18.2. The molecule has 0 radical (unpaired) electrons. The van der Waals surface area contributed by atoms with Gasteiger partial charge in [-0.15, -0.1) is 0 Å². The Morgan fingerprint density at radius 1 is 1.16 bits per heavy atom. The third-order valence-corrected chi connectivity index (χ3v) is 8.98. The van der Waals surface area contributed by atoms with Gasteiger partial charge >= 0.3 is 6.09 Å². The first-order valence-electron chi connectivity index (χ1n) is 13.0. The minimum absolute atomic E-state index is 0.200. The smallest absolute Gasteiger partial charge is 0.407 e. The minimum atomic E-state index is -3.55. The number of sulfone groups is 1. The average molecular weight is 541 g/mol. The van der Waals surface area contributed by atoms with Crippen molar-refractivity contribution in [1.29, 1.82) is 0 Å². The summed E-state index contributed by atoms with van der Waals surface area (Å²) in [6.07, 6.45) is 7.80. The van der Waals surface area contributed by atoms with Crippen molar-refractivity contribution < 1.29 is 23.1 Å². The molecular formula is C26H32N6O5S. The van der Waals surface area contributed by atoms with Crippen LogP contribution >= 0.6 is 0 Å². The number of rotatable bonds is 4. The van der Waals surface area contributed by atoms with Crippen molar-refractivity contribution in [3.8, 4) is 11.1 Å². The number of amides is 1. The maximum atomic E-state index is 13.0. The third kappa shape index (κ3) is 4.35. The van der Waals surface area contributed by atoms with Crippen molar-refractivity contribution in [3.05, 3.63) is 41.3 Å². The van der Waals surface area contributed by atoms with E-state index in [1.807, 2.05) is 19.3 Å². The van der Waals surface area contributed by atoms with E-state index in [2.05, 4.69) is 14.7 Å². The molecule has 1 N–H and O–H groups in total. The van der Waals surface area contributed by atoms with Crippen LogP contribution in [0.1, 0.15) is 42.1 Å². The van der Waals surface area contributed by atoms with E-state index in [1.54, 1.807) is 16.9 Å². The monoisotopic (exact) mass is 540 g/mol. The van der Waals surface area contributed by atoms with Crippen molar-refractivity contribution in [1.82, 2.24) is 24.5 Å². The zero-order valence-electron chi connectivity index (χ0n) is 21.6. The molecule has 11 nitrogen and oxygen atoms in total. The van der Waals surface area contributed by atoms with Gasteiger partial charge < -0.3 is 19.6 Å². The van der Waals surface area contributed by atoms with Gasteiger partial charge in [-0.25, -0.2) is 13.2 Å². The van der Waals surface area contributed by atoms with Gasteiger partial charge in [0.2, 0.25) is 0 Å². The van der Waals surface area contributed by atoms with Crippen LogP contribution < -0.4 is 4.90 Å². The van der Waals surface area contributed by atoms with Crippen LogP contribution in [0.15, 0.2) is 29.4 Å². The lowest BCUT2D eigenvalue weighted by molar-refractivity contribution is 0.0650. The van der Waals surface area contributed by atoms with E-state index in [0.717, 1.165) is 59.6 Å². The van der Waals surface area contributed by atoms with Crippen LogP contribution in [0, 0.1) is 0 Å². The predicted molar refractivity (Wildman–Crippen MR) is 141 cm³/mol. The second-order valence-corrected chi connectivity index (χ2v) is 12.4. The Labute approximate surface area is 221 Å². The number of ether oxygens (including phenoxy) is 1. The first-order valence-corrected chi connectivity index (χ1v) is 14.9. The molecule has 1 saturated heterocycles. The molecule has 3 aliphatic heterocycles. The highest BCUT2D eigenvalue weighted by Crippen LogP contribution is 2.42. The summed E-state index contributed by atoms with van der Waals surface area (Å²) in [4.78, 5) is 15.7. The van der Waals surface area contributed by atoms with Crippen LogP contribution in [0.3, 0.4) is 0 Å². The molecule has 202 valence electrons. The molecule has 2 aromatic heterocycles. The van der Waals surface area contributed by atoms with Crippen molar-refractivity contribution in [2.45, 2.75) is 49.6 Å². The van der Waals surface area contributed by atoms with E-state index < -0.39 is 15.9 Å². The Kier molecular flexibility index (Phi) is 6.18. The maximum absolute atomic E-state index is 13.0. The molecule has 0 saturated carbocycles.